The highest BCUT2D eigenvalue weighted by Crippen LogP contribution is 2.45. The molecule has 3 fully saturated rings. The number of Topliss-reactive ketones (excluding diaryl/α,β-unsaturated/α-hetero) is 1. The van der Waals surface area contributed by atoms with Gasteiger partial charge in [-0.2, -0.15) is 0 Å². The molecule has 84 valence electrons. The predicted molar refractivity (Wildman–Crippen MR) is 57.6 cm³/mol. The Labute approximate surface area is 91.4 Å². The van der Waals surface area contributed by atoms with Gasteiger partial charge in [0.2, 0.25) is 0 Å². The van der Waals surface area contributed by atoms with E-state index in [9.17, 15) is 4.79 Å². The minimum Gasteiger partial charge on any atom is -0.375 e. The lowest BCUT2D eigenvalue weighted by atomic mass is 9.71. The molecule has 2 saturated carbocycles. The van der Waals surface area contributed by atoms with Gasteiger partial charge in [-0.05, 0) is 50.9 Å². The summed E-state index contributed by atoms with van der Waals surface area (Å²) in [6, 6.07) is 0. The lowest BCUT2D eigenvalue weighted by Gasteiger charge is -2.47. The fraction of sp³-hybridized carbons (Fsp3) is 0.923. The summed E-state index contributed by atoms with van der Waals surface area (Å²) in [6.07, 6.45) is 9.23. The molecule has 2 aliphatic carbocycles. The second-order valence-corrected chi connectivity index (χ2v) is 5.69. The van der Waals surface area contributed by atoms with Crippen LogP contribution in [0.4, 0.5) is 0 Å². The maximum atomic E-state index is 11.8. The van der Waals surface area contributed by atoms with Crippen molar-refractivity contribution < 1.29 is 9.53 Å². The van der Waals surface area contributed by atoms with Gasteiger partial charge in [-0.3, -0.25) is 4.79 Å². The summed E-state index contributed by atoms with van der Waals surface area (Å²) >= 11 is 0. The molecule has 1 heterocycles. The number of hydrogen-bond acceptors (Lipinski definition) is 2. The van der Waals surface area contributed by atoms with E-state index in [0.717, 1.165) is 38.7 Å². The van der Waals surface area contributed by atoms with E-state index in [4.69, 9.17) is 4.74 Å². The zero-order chi connectivity index (χ0) is 10.3. The van der Waals surface area contributed by atoms with Gasteiger partial charge < -0.3 is 4.74 Å². The second kappa shape index (κ2) is 3.58. The van der Waals surface area contributed by atoms with Crippen LogP contribution in [-0.2, 0) is 9.53 Å². The third kappa shape index (κ3) is 1.96. The first-order chi connectivity index (χ1) is 7.27. The van der Waals surface area contributed by atoms with Gasteiger partial charge in [0.15, 0.2) is 0 Å². The normalized spacial score (nSPS) is 33.7. The number of ketones is 1. The zero-order valence-electron chi connectivity index (χ0n) is 9.34. The van der Waals surface area contributed by atoms with Crippen LogP contribution in [0.15, 0.2) is 0 Å². The molecule has 1 unspecified atom stereocenters. The summed E-state index contributed by atoms with van der Waals surface area (Å²) in [5.41, 5.74) is 0.215. The first-order valence-electron chi connectivity index (χ1n) is 6.44. The SMILES string of the molecule is O=C(CC1CCOC2(CCC2)C1)C1CC1. The van der Waals surface area contributed by atoms with Crippen LogP contribution in [0.25, 0.3) is 0 Å². The van der Waals surface area contributed by atoms with Crippen molar-refractivity contribution in [2.75, 3.05) is 6.61 Å². The van der Waals surface area contributed by atoms with E-state index >= 15 is 0 Å². The number of carbonyl (C=O) groups is 1. The molecule has 0 aromatic heterocycles. The average molecular weight is 208 g/mol. The molecule has 2 heteroatoms. The highest BCUT2D eigenvalue weighted by Gasteiger charge is 2.43. The number of rotatable bonds is 3. The zero-order valence-corrected chi connectivity index (χ0v) is 9.34. The van der Waals surface area contributed by atoms with Crippen LogP contribution in [0, 0.1) is 11.8 Å². The van der Waals surface area contributed by atoms with Crippen molar-refractivity contribution in [3.05, 3.63) is 0 Å². The van der Waals surface area contributed by atoms with Crippen molar-refractivity contribution in [1.29, 1.82) is 0 Å². The molecule has 1 saturated heterocycles. The molecule has 0 bridgehead atoms. The highest BCUT2D eigenvalue weighted by atomic mass is 16.5. The minimum absolute atomic E-state index is 0.215. The quantitative estimate of drug-likeness (QED) is 0.712. The van der Waals surface area contributed by atoms with Gasteiger partial charge in [0, 0.05) is 18.9 Å². The first kappa shape index (κ1) is 9.83. The van der Waals surface area contributed by atoms with Crippen LogP contribution in [0.3, 0.4) is 0 Å². The summed E-state index contributed by atoms with van der Waals surface area (Å²) in [5.74, 6) is 1.62. The Morgan fingerprint density at radius 3 is 2.67 bits per heavy atom. The maximum Gasteiger partial charge on any atom is 0.136 e. The Morgan fingerprint density at radius 2 is 2.07 bits per heavy atom. The van der Waals surface area contributed by atoms with Gasteiger partial charge in [-0.15, -0.1) is 0 Å². The Kier molecular flexibility index (Phi) is 2.35. The van der Waals surface area contributed by atoms with E-state index in [0.29, 0.717) is 17.6 Å². The van der Waals surface area contributed by atoms with E-state index < -0.39 is 0 Å². The molecule has 0 aromatic carbocycles. The number of hydrogen-bond donors (Lipinski definition) is 0. The van der Waals surface area contributed by atoms with Crippen molar-refractivity contribution >= 4 is 5.78 Å². The van der Waals surface area contributed by atoms with E-state index in [1.54, 1.807) is 0 Å². The highest BCUT2D eigenvalue weighted by molar-refractivity contribution is 5.83. The van der Waals surface area contributed by atoms with E-state index in [1.165, 1.54) is 19.3 Å². The van der Waals surface area contributed by atoms with Crippen LogP contribution in [-0.4, -0.2) is 18.0 Å². The molecular formula is C13H20O2. The summed E-state index contributed by atoms with van der Waals surface area (Å²) < 4.78 is 5.88. The Morgan fingerprint density at radius 1 is 1.27 bits per heavy atom. The largest absolute Gasteiger partial charge is 0.375 e. The molecule has 15 heavy (non-hydrogen) atoms. The summed E-state index contributed by atoms with van der Waals surface area (Å²) in [6.45, 7) is 0.891. The van der Waals surface area contributed by atoms with E-state index in [2.05, 4.69) is 0 Å². The van der Waals surface area contributed by atoms with E-state index in [1.807, 2.05) is 0 Å². The van der Waals surface area contributed by atoms with Crippen LogP contribution in [0.2, 0.25) is 0 Å². The lowest BCUT2D eigenvalue weighted by molar-refractivity contribution is -0.147. The molecule has 0 radical (unpaired) electrons. The molecule has 1 spiro atoms. The summed E-state index contributed by atoms with van der Waals surface area (Å²) in [4.78, 5) is 11.8. The van der Waals surface area contributed by atoms with Crippen molar-refractivity contribution in [2.45, 2.75) is 57.0 Å². The molecule has 0 N–H and O–H groups in total. The van der Waals surface area contributed by atoms with Crippen LogP contribution in [0.5, 0.6) is 0 Å². The van der Waals surface area contributed by atoms with Crippen molar-refractivity contribution in [3.8, 4) is 0 Å². The monoisotopic (exact) mass is 208 g/mol. The fourth-order valence-electron chi connectivity index (χ4n) is 3.08. The molecule has 3 aliphatic rings. The third-order valence-corrected chi connectivity index (χ3v) is 4.38. The Balaban J connectivity index is 1.54. The number of ether oxygens (including phenoxy) is 1. The smallest absolute Gasteiger partial charge is 0.136 e. The van der Waals surface area contributed by atoms with Crippen LogP contribution in [0.1, 0.15) is 51.4 Å². The first-order valence-corrected chi connectivity index (χ1v) is 6.44. The lowest BCUT2D eigenvalue weighted by Crippen LogP contribution is -2.45. The van der Waals surface area contributed by atoms with Gasteiger partial charge in [-0.25, -0.2) is 0 Å². The predicted octanol–water partition coefficient (Wildman–Crippen LogP) is 2.70. The fourth-order valence-corrected chi connectivity index (χ4v) is 3.08. The maximum absolute atomic E-state index is 11.8. The second-order valence-electron chi connectivity index (χ2n) is 5.69. The Bertz CT molecular complexity index is 264. The van der Waals surface area contributed by atoms with Crippen LogP contribution >= 0.6 is 0 Å². The van der Waals surface area contributed by atoms with Crippen molar-refractivity contribution in [2.24, 2.45) is 11.8 Å². The molecule has 0 aromatic rings. The minimum atomic E-state index is 0.215. The molecule has 3 rings (SSSR count). The average Bonchev–Trinajstić information content (AvgIpc) is 2.99. The van der Waals surface area contributed by atoms with E-state index in [-0.39, 0.29) is 5.60 Å². The van der Waals surface area contributed by atoms with Gasteiger partial charge in [-0.1, -0.05) is 0 Å². The number of carbonyl (C=O) groups excluding carboxylic acids is 1. The Hall–Kier alpha value is -0.370. The third-order valence-electron chi connectivity index (χ3n) is 4.38. The molecule has 2 nitrogen and oxygen atoms in total. The van der Waals surface area contributed by atoms with Gasteiger partial charge >= 0.3 is 0 Å². The standard InChI is InChI=1S/C13H20O2/c14-12(11-2-3-11)8-10-4-7-15-13(9-10)5-1-6-13/h10-11H,1-9H2. The van der Waals surface area contributed by atoms with Gasteiger partial charge in [0.25, 0.3) is 0 Å². The summed E-state index contributed by atoms with van der Waals surface area (Å²) in [7, 11) is 0. The topological polar surface area (TPSA) is 26.3 Å². The van der Waals surface area contributed by atoms with Gasteiger partial charge in [0.05, 0.1) is 5.60 Å². The summed E-state index contributed by atoms with van der Waals surface area (Å²) in [5, 5.41) is 0. The molecule has 1 aliphatic heterocycles. The molecular weight excluding hydrogens is 188 g/mol. The van der Waals surface area contributed by atoms with Crippen LogP contribution < -0.4 is 0 Å². The molecule has 1 atom stereocenters. The van der Waals surface area contributed by atoms with Crippen molar-refractivity contribution in [1.82, 2.24) is 0 Å². The molecule has 0 amide bonds. The van der Waals surface area contributed by atoms with Gasteiger partial charge in [0.1, 0.15) is 5.78 Å². The van der Waals surface area contributed by atoms with Crippen molar-refractivity contribution in [3.63, 3.8) is 0 Å².